The molecular formula is C79H116ClN13O16. The van der Waals surface area contributed by atoms with Gasteiger partial charge >= 0.3 is 0 Å². The highest BCUT2D eigenvalue weighted by Crippen LogP contribution is 2.27. The summed E-state index contributed by atoms with van der Waals surface area (Å²) in [6.07, 6.45) is 7.07. The summed E-state index contributed by atoms with van der Waals surface area (Å²) in [5.74, 6) is -11.4. The van der Waals surface area contributed by atoms with Crippen LogP contribution in [0.15, 0.2) is 91.1 Å². The largest absolute Gasteiger partial charge is 0.508 e. The van der Waals surface area contributed by atoms with Crippen molar-refractivity contribution in [3.63, 3.8) is 0 Å². The van der Waals surface area contributed by atoms with E-state index in [1.165, 1.54) is 72.7 Å². The van der Waals surface area contributed by atoms with Crippen LogP contribution >= 0.6 is 11.6 Å². The number of halogens is 1. The summed E-state index contributed by atoms with van der Waals surface area (Å²) in [6.45, 7) is 16.0. The number of H-pyrrole nitrogens is 1. The number of nitrogens with two attached hydrogens (primary N) is 1. The first-order chi connectivity index (χ1) is 50.9. The summed E-state index contributed by atoms with van der Waals surface area (Å²) < 4.78 is 0. The van der Waals surface area contributed by atoms with Gasteiger partial charge in [-0.05, 0) is 152 Å². The normalized spacial score (nSPS) is 22.0. The van der Waals surface area contributed by atoms with Gasteiger partial charge in [0.05, 0.1) is 18.8 Å². The van der Waals surface area contributed by atoms with E-state index < -0.39 is 161 Å². The van der Waals surface area contributed by atoms with E-state index >= 15 is 19.2 Å². The summed E-state index contributed by atoms with van der Waals surface area (Å²) in [4.78, 5) is 186. The Bertz CT molecular complexity index is 3790. The van der Waals surface area contributed by atoms with Crippen LogP contribution in [-0.4, -0.2) is 175 Å². The fraction of sp³-hybridized carbons (Fsp3) is 0.557. The van der Waals surface area contributed by atoms with Crippen LogP contribution in [-0.2, 0) is 81.6 Å². The number of aromatic amines is 1. The lowest BCUT2D eigenvalue weighted by atomic mass is 9.87. The van der Waals surface area contributed by atoms with Crippen LogP contribution in [0.25, 0.3) is 10.9 Å². The van der Waals surface area contributed by atoms with E-state index in [1.807, 2.05) is 39.8 Å². The van der Waals surface area contributed by atoms with E-state index in [-0.39, 0.29) is 82.8 Å². The molecule has 17 N–H and O–H groups in total. The number of ketones is 1. The quantitative estimate of drug-likeness (QED) is 0.0388. The number of hydrogen-bond acceptors (Lipinski definition) is 16. The fourth-order valence-electron chi connectivity index (χ4n) is 12.6. The van der Waals surface area contributed by atoms with E-state index in [4.69, 9.17) is 17.3 Å². The van der Waals surface area contributed by atoms with Crippen molar-refractivity contribution in [3.05, 3.63) is 113 Å². The van der Waals surface area contributed by atoms with Crippen molar-refractivity contribution < 1.29 is 77.6 Å². The zero-order chi connectivity index (χ0) is 80.2. The van der Waals surface area contributed by atoms with Crippen molar-refractivity contribution in [2.24, 2.45) is 23.5 Å². The number of aromatic nitrogens is 1. The SMILES string of the molecule is C.CC(=O)N[C@@H](CC(C)C)C(=O)N[C@H](C(=O)N[C@@H](Cc1ccccc1)C(=O)N[C@]1(C)CCCCCC/C=C/CCC[C@@](C)(C(=O)NC(CO)C(=O)N[C@@H](C)C(=O)NC(C)C(N)=O)NC(=O)[C@H](CC(C)C)CCC(=O)[C@H](Cc2c[nH]c3cc(Cl)ccc23)NC(=O)[C@H](Cc2ccc(O)cc2)NC(=O)C(C)NC1=O)[C@@H](C)O. The zero-order valence-electron chi connectivity index (χ0n) is 63.8. The molecular weight excluding hydrogens is 1420 g/mol. The molecule has 13 atom stereocenters. The Morgan fingerprint density at radius 3 is 1.90 bits per heavy atom. The van der Waals surface area contributed by atoms with Crippen LogP contribution in [0.2, 0.25) is 5.02 Å². The second-order valence-electron chi connectivity index (χ2n) is 29.6. The molecule has 3 unspecified atom stereocenters. The summed E-state index contributed by atoms with van der Waals surface area (Å²) in [5, 5.41) is 62.2. The van der Waals surface area contributed by atoms with Gasteiger partial charge in [0.2, 0.25) is 70.9 Å². The first kappa shape index (κ1) is 91.6. The first-order valence-corrected chi connectivity index (χ1v) is 37.5. The lowest BCUT2D eigenvalue weighted by Gasteiger charge is -2.33. The van der Waals surface area contributed by atoms with Gasteiger partial charge in [-0.2, -0.15) is 0 Å². The van der Waals surface area contributed by atoms with Gasteiger partial charge in [-0.15, -0.1) is 0 Å². The minimum atomic E-state index is -1.83. The highest BCUT2D eigenvalue weighted by Gasteiger charge is 2.42. The molecule has 29 nitrogen and oxygen atoms in total. The molecule has 30 heteroatoms. The molecule has 3 aromatic carbocycles. The predicted molar refractivity (Wildman–Crippen MR) is 414 cm³/mol. The van der Waals surface area contributed by atoms with Gasteiger partial charge in [0, 0.05) is 60.6 Å². The molecule has 5 rings (SSSR count). The number of carbonyl (C=O) groups excluding carboxylic acids is 13. The van der Waals surface area contributed by atoms with Gasteiger partial charge in [0.15, 0.2) is 5.78 Å². The minimum Gasteiger partial charge on any atom is -0.508 e. The number of phenols is 1. The number of nitrogens with one attached hydrogen (secondary N) is 12. The van der Waals surface area contributed by atoms with E-state index in [1.54, 1.807) is 54.7 Å². The molecule has 4 aromatic rings. The number of primary amides is 1. The van der Waals surface area contributed by atoms with E-state index in [2.05, 4.69) is 63.5 Å². The van der Waals surface area contributed by atoms with Crippen molar-refractivity contribution in [1.29, 1.82) is 0 Å². The van der Waals surface area contributed by atoms with Gasteiger partial charge < -0.3 is 84.5 Å². The highest BCUT2D eigenvalue weighted by molar-refractivity contribution is 6.31. The predicted octanol–water partition coefficient (Wildman–Crippen LogP) is 4.38. The first-order valence-electron chi connectivity index (χ1n) is 37.1. The highest BCUT2D eigenvalue weighted by atomic mass is 35.5. The molecule has 0 aliphatic carbocycles. The third-order valence-electron chi connectivity index (χ3n) is 19.0. The van der Waals surface area contributed by atoms with Crippen LogP contribution in [0.5, 0.6) is 5.75 Å². The number of aliphatic hydroxyl groups excluding tert-OH is 2. The van der Waals surface area contributed by atoms with Crippen LogP contribution in [0.1, 0.15) is 184 Å². The van der Waals surface area contributed by atoms with Crippen molar-refractivity contribution >= 4 is 99.2 Å². The van der Waals surface area contributed by atoms with Crippen LogP contribution in [0.4, 0.5) is 0 Å². The Kier molecular flexibility index (Phi) is 37.0. The number of fused-ring (bicyclic) bond motifs is 1. The Morgan fingerprint density at radius 2 is 1.28 bits per heavy atom. The minimum absolute atomic E-state index is 0. The molecule has 600 valence electrons. The molecule has 0 fully saturated rings. The molecule has 0 saturated carbocycles. The maximum Gasteiger partial charge on any atom is 0.246 e. The summed E-state index contributed by atoms with van der Waals surface area (Å²) >= 11 is 6.38. The van der Waals surface area contributed by atoms with Crippen molar-refractivity contribution in [1.82, 2.24) is 63.5 Å². The second kappa shape index (κ2) is 44.1. The number of phenolic OH excluding ortho intramolecular Hbond substituents is 1. The molecule has 0 bridgehead atoms. The average molecular weight is 1540 g/mol. The van der Waals surface area contributed by atoms with Crippen molar-refractivity contribution in [3.8, 4) is 5.75 Å². The van der Waals surface area contributed by atoms with Gasteiger partial charge in [-0.25, -0.2) is 0 Å². The number of allylic oxidation sites excluding steroid dienone is 2. The molecule has 1 aromatic heterocycles. The number of hydrogen-bond donors (Lipinski definition) is 16. The van der Waals surface area contributed by atoms with Gasteiger partial charge in [-0.1, -0.05) is 127 Å². The Labute approximate surface area is 643 Å². The molecule has 12 amide bonds. The molecule has 2 heterocycles. The van der Waals surface area contributed by atoms with Gasteiger partial charge in [0.1, 0.15) is 65.2 Å². The molecule has 0 radical (unpaired) electrons. The number of rotatable bonds is 26. The molecule has 1 aliphatic heterocycles. The molecule has 0 saturated heterocycles. The van der Waals surface area contributed by atoms with Crippen LogP contribution in [0.3, 0.4) is 0 Å². The second-order valence-corrected chi connectivity index (χ2v) is 30.1. The number of aliphatic hydroxyl groups is 2. The standard InChI is InChI=1S/C78H112ClN13O16.CH4/c1-44(2)36-53-28-33-64(97)59(40-54-42-81-58-41-55(79)29-32-57(54)58)86-70(102)61(39-52-26-30-56(96)31-27-52)87-68(100)48(7)84-75(107)77(10,92-73(105)62(38-51-24-20-19-21-25-51)88-74(106)65(49(8)94)90-71(103)60(37-45(3)4)85-50(9)95)34-22-17-15-13-12-14-16-18-23-35-78(11,91-69(53)101)76(108)89-63(43-93)72(104)83-47(6)67(99)82-46(5)66(80)98;/h14,16,19-21,24-27,29-32,41-42,44-49,53,59-63,65,81,93-94,96H,12-13,15,17-18,22-23,28,33-40,43H2,1-11H3,(H2,80,98)(H,82,99)(H,83,104)(H,84,107)(H,85,95)(H,86,102)(H,87,100)(H,88,106)(H,89,108)(H,90,103)(H,91,101)(H,92,105);1H4/b16-14+;/t46?,47-,48?,49+,53-,59-,60-,61-,62-,63?,65-,77+,78-;/m0./s1. The summed E-state index contributed by atoms with van der Waals surface area (Å²) in [6, 6.07) is 7.22. The molecule has 109 heavy (non-hydrogen) atoms. The zero-order valence-corrected chi connectivity index (χ0v) is 64.5. The number of carbonyl (C=O) groups is 13. The fourth-order valence-corrected chi connectivity index (χ4v) is 12.8. The lowest BCUT2D eigenvalue weighted by Crippen LogP contribution is -2.64. The number of benzene rings is 3. The summed E-state index contributed by atoms with van der Waals surface area (Å²) in [5.41, 5.74) is 3.97. The molecule has 1 aliphatic rings. The maximum absolute atomic E-state index is 15.2. The van der Waals surface area contributed by atoms with Gasteiger partial charge in [-0.3, -0.25) is 62.3 Å². The third kappa shape index (κ3) is 29.6. The Hall–Kier alpha value is -9.74. The molecule has 0 spiro atoms. The smallest absolute Gasteiger partial charge is 0.246 e. The monoisotopic (exact) mass is 1540 g/mol. The van der Waals surface area contributed by atoms with Crippen molar-refractivity contribution in [2.75, 3.05) is 6.61 Å². The van der Waals surface area contributed by atoms with E-state index in [0.29, 0.717) is 77.6 Å². The summed E-state index contributed by atoms with van der Waals surface area (Å²) in [7, 11) is 0. The maximum atomic E-state index is 15.2. The Balaban J connectivity index is 0.0000251. The third-order valence-corrected chi connectivity index (χ3v) is 19.2. The lowest BCUT2D eigenvalue weighted by molar-refractivity contribution is -0.138. The number of aromatic hydroxyl groups is 1. The van der Waals surface area contributed by atoms with E-state index in [0.717, 1.165) is 0 Å². The van der Waals surface area contributed by atoms with Crippen LogP contribution in [0, 0.1) is 17.8 Å². The number of amides is 12. The van der Waals surface area contributed by atoms with E-state index in [9.17, 15) is 58.5 Å². The topological polar surface area (TPSA) is 457 Å². The Morgan fingerprint density at radius 1 is 0.642 bits per heavy atom. The van der Waals surface area contributed by atoms with Crippen molar-refractivity contribution in [2.45, 2.75) is 258 Å². The average Bonchev–Trinajstić information content (AvgIpc) is 1.82. The van der Waals surface area contributed by atoms with Crippen LogP contribution < -0.4 is 64.2 Å². The number of Topliss-reactive ketones (excluding diaryl/α,β-unsaturated/α-hetero) is 1. The van der Waals surface area contributed by atoms with Gasteiger partial charge in [0.25, 0.3) is 0 Å².